The van der Waals surface area contributed by atoms with Crippen molar-refractivity contribution in [2.75, 3.05) is 19.7 Å². The zero-order valence-corrected chi connectivity index (χ0v) is 14.3. The number of carbonyl (C=O) groups is 1. The molecule has 0 saturated carbocycles. The maximum absolute atomic E-state index is 12.9. The van der Waals surface area contributed by atoms with E-state index in [-0.39, 0.29) is 18.6 Å². The lowest BCUT2D eigenvalue weighted by Gasteiger charge is -2.31. The normalized spacial score (nSPS) is 17.5. The summed E-state index contributed by atoms with van der Waals surface area (Å²) in [6, 6.07) is 9.60. The van der Waals surface area contributed by atoms with Gasteiger partial charge in [-0.1, -0.05) is 6.07 Å². The first-order chi connectivity index (χ1) is 12.3. The molecule has 1 aliphatic heterocycles. The Balaban J connectivity index is 1.68. The van der Waals surface area contributed by atoms with Gasteiger partial charge in [0, 0.05) is 18.4 Å². The van der Waals surface area contributed by atoms with Crippen molar-refractivity contribution in [3.05, 3.63) is 54.6 Å². The second kappa shape index (κ2) is 9.13. The SMILES string of the molecule is O=C(COc1cccnc1)N(Cc1ccccn1)C1CCCNCC1. The second-order valence-corrected chi connectivity index (χ2v) is 6.15. The van der Waals surface area contributed by atoms with Gasteiger partial charge in [-0.25, -0.2) is 0 Å². The number of hydrogen-bond donors (Lipinski definition) is 1. The van der Waals surface area contributed by atoms with Crippen LogP contribution >= 0.6 is 0 Å². The van der Waals surface area contributed by atoms with E-state index in [0.29, 0.717) is 12.3 Å². The fraction of sp³-hybridized carbons (Fsp3) is 0.421. The number of aromatic nitrogens is 2. The van der Waals surface area contributed by atoms with Crippen molar-refractivity contribution < 1.29 is 9.53 Å². The van der Waals surface area contributed by atoms with Crippen LogP contribution in [-0.4, -0.2) is 46.5 Å². The van der Waals surface area contributed by atoms with Gasteiger partial charge < -0.3 is 15.0 Å². The second-order valence-electron chi connectivity index (χ2n) is 6.15. The van der Waals surface area contributed by atoms with Crippen molar-refractivity contribution in [3.63, 3.8) is 0 Å². The monoisotopic (exact) mass is 340 g/mol. The Labute approximate surface area is 148 Å². The van der Waals surface area contributed by atoms with E-state index in [1.54, 1.807) is 30.7 Å². The van der Waals surface area contributed by atoms with Gasteiger partial charge in [-0.15, -0.1) is 0 Å². The van der Waals surface area contributed by atoms with Gasteiger partial charge in [0.1, 0.15) is 5.75 Å². The summed E-state index contributed by atoms with van der Waals surface area (Å²) in [6.07, 6.45) is 8.08. The Morgan fingerprint density at radius 2 is 2.16 bits per heavy atom. The van der Waals surface area contributed by atoms with Crippen molar-refractivity contribution in [1.82, 2.24) is 20.2 Å². The third kappa shape index (κ3) is 5.26. The predicted octanol–water partition coefficient (Wildman–Crippen LogP) is 2.03. The molecular formula is C19H24N4O2. The Morgan fingerprint density at radius 1 is 1.20 bits per heavy atom. The molecule has 1 fully saturated rings. The molecule has 25 heavy (non-hydrogen) atoms. The summed E-state index contributed by atoms with van der Waals surface area (Å²) in [5, 5.41) is 3.40. The maximum Gasteiger partial charge on any atom is 0.261 e. The van der Waals surface area contributed by atoms with Crippen LogP contribution in [0.3, 0.4) is 0 Å². The third-order valence-electron chi connectivity index (χ3n) is 4.36. The number of hydrogen-bond acceptors (Lipinski definition) is 5. The number of nitrogens with one attached hydrogen (secondary N) is 1. The number of rotatable bonds is 6. The van der Waals surface area contributed by atoms with E-state index in [2.05, 4.69) is 15.3 Å². The topological polar surface area (TPSA) is 67.3 Å². The van der Waals surface area contributed by atoms with Crippen molar-refractivity contribution in [2.45, 2.75) is 31.8 Å². The predicted molar refractivity (Wildman–Crippen MR) is 95.0 cm³/mol. The van der Waals surface area contributed by atoms with E-state index in [1.165, 1.54) is 0 Å². The molecule has 3 rings (SSSR count). The molecule has 2 aromatic heterocycles. The van der Waals surface area contributed by atoms with Crippen LogP contribution in [-0.2, 0) is 11.3 Å². The zero-order valence-electron chi connectivity index (χ0n) is 14.3. The first-order valence-electron chi connectivity index (χ1n) is 8.76. The van der Waals surface area contributed by atoms with E-state index in [0.717, 1.165) is 38.0 Å². The van der Waals surface area contributed by atoms with Crippen molar-refractivity contribution in [3.8, 4) is 5.75 Å². The minimum Gasteiger partial charge on any atom is -0.482 e. The molecule has 132 valence electrons. The summed E-state index contributed by atoms with van der Waals surface area (Å²) in [5.41, 5.74) is 0.898. The lowest BCUT2D eigenvalue weighted by Crippen LogP contribution is -2.43. The number of amides is 1. The van der Waals surface area contributed by atoms with Crippen LogP contribution in [0.1, 0.15) is 25.0 Å². The van der Waals surface area contributed by atoms with Crippen LogP contribution in [0.25, 0.3) is 0 Å². The summed E-state index contributed by atoms with van der Waals surface area (Å²) in [6.45, 7) is 2.47. The largest absolute Gasteiger partial charge is 0.482 e. The molecule has 0 radical (unpaired) electrons. The average Bonchev–Trinajstić information content (AvgIpc) is 2.95. The van der Waals surface area contributed by atoms with Gasteiger partial charge in [0.2, 0.25) is 0 Å². The Bertz CT molecular complexity index is 643. The van der Waals surface area contributed by atoms with Gasteiger partial charge in [-0.2, -0.15) is 0 Å². The Kier molecular flexibility index (Phi) is 6.34. The van der Waals surface area contributed by atoms with Crippen LogP contribution in [0.2, 0.25) is 0 Å². The lowest BCUT2D eigenvalue weighted by molar-refractivity contribution is -0.136. The van der Waals surface area contributed by atoms with E-state index in [4.69, 9.17) is 4.74 Å². The minimum absolute atomic E-state index is 0.0126. The van der Waals surface area contributed by atoms with Gasteiger partial charge in [-0.3, -0.25) is 14.8 Å². The lowest BCUT2D eigenvalue weighted by atomic mass is 10.1. The summed E-state index contributed by atoms with van der Waals surface area (Å²) in [4.78, 5) is 23.2. The minimum atomic E-state index is -0.0126. The molecule has 2 aromatic rings. The maximum atomic E-state index is 12.9. The Morgan fingerprint density at radius 3 is 2.96 bits per heavy atom. The highest BCUT2D eigenvalue weighted by molar-refractivity contribution is 5.78. The quantitative estimate of drug-likeness (QED) is 0.871. The van der Waals surface area contributed by atoms with Crippen LogP contribution in [0.4, 0.5) is 0 Å². The molecule has 1 atom stereocenters. The van der Waals surface area contributed by atoms with Crippen LogP contribution in [0.5, 0.6) is 5.75 Å². The molecule has 6 nitrogen and oxygen atoms in total. The molecule has 0 aliphatic carbocycles. The molecule has 0 bridgehead atoms. The van der Waals surface area contributed by atoms with Crippen molar-refractivity contribution in [1.29, 1.82) is 0 Å². The molecule has 0 aromatic carbocycles. The molecule has 1 N–H and O–H groups in total. The zero-order chi connectivity index (χ0) is 17.3. The number of pyridine rings is 2. The highest BCUT2D eigenvalue weighted by atomic mass is 16.5. The number of carbonyl (C=O) groups excluding carboxylic acids is 1. The van der Waals surface area contributed by atoms with Crippen LogP contribution < -0.4 is 10.1 Å². The molecular weight excluding hydrogens is 316 g/mol. The smallest absolute Gasteiger partial charge is 0.261 e. The Hall–Kier alpha value is -2.47. The summed E-state index contributed by atoms with van der Waals surface area (Å²) in [7, 11) is 0. The highest BCUT2D eigenvalue weighted by Gasteiger charge is 2.25. The third-order valence-corrected chi connectivity index (χ3v) is 4.36. The summed E-state index contributed by atoms with van der Waals surface area (Å²) < 4.78 is 5.62. The van der Waals surface area contributed by atoms with E-state index in [9.17, 15) is 4.79 Å². The standard InChI is InChI=1S/C19H24N4O2/c24-19(15-25-18-7-4-10-21-13-18)23(14-16-5-1-2-11-22-16)17-6-3-9-20-12-8-17/h1-2,4-5,7,10-11,13,17,20H,3,6,8-9,12,14-15H2. The van der Waals surface area contributed by atoms with Gasteiger partial charge in [0.05, 0.1) is 18.4 Å². The summed E-state index contributed by atoms with van der Waals surface area (Å²) >= 11 is 0. The van der Waals surface area contributed by atoms with Gasteiger partial charge in [0.15, 0.2) is 6.61 Å². The molecule has 1 aliphatic rings. The van der Waals surface area contributed by atoms with Crippen LogP contribution in [0, 0.1) is 0 Å². The first-order valence-corrected chi connectivity index (χ1v) is 8.76. The highest BCUT2D eigenvalue weighted by Crippen LogP contribution is 2.17. The first kappa shape index (κ1) is 17.4. The van der Waals surface area contributed by atoms with E-state index in [1.807, 2.05) is 23.1 Å². The van der Waals surface area contributed by atoms with Crippen molar-refractivity contribution in [2.24, 2.45) is 0 Å². The van der Waals surface area contributed by atoms with E-state index >= 15 is 0 Å². The number of ether oxygens (including phenoxy) is 1. The molecule has 1 saturated heterocycles. The fourth-order valence-corrected chi connectivity index (χ4v) is 3.06. The molecule has 6 heteroatoms. The van der Waals surface area contributed by atoms with Gasteiger partial charge in [-0.05, 0) is 56.6 Å². The summed E-state index contributed by atoms with van der Waals surface area (Å²) in [5.74, 6) is 0.595. The molecule has 1 amide bonds. The molecule has 0 spiro atoms. The number of nitrogens with zero attached hydrogens (tertiary/aromatic N) is 3. The van der Waals surface area contributed by atoms with Crippen molar-refractivity contribution >= 4 is 5.91 Å². The molecule has 1 unspecified atom stereocenters. The fourth-order valence-electron chi connectivity index (χ4n) is 3.06. The van der Waals surface area contributed by atoms with Gasteiger partial charge in [0.25, 0.3) is 5.91 Å². The van der Waals surface area contributed by atoms with Crippen LogP contribution in [0.15, 0.2) is 48.9 Å². The van der Waals surface area contributed by atoms with E-state index < -0.39 is 0 Å². The molecule has 3 heterocycles. The van der Waals surface area contributed by atoms with Gasteiger partial charge >= 0.3 is 0 Å². The average molecular weight is 340 g/mol.